The van der Waals surface area contributed by atoms with Crippen molar-refractivity contribution in [1.82, 2.24) is 0 Å². The van der Waals surface area contributed by atoms with Gasteiger partial charge in [-0.25, -0.2) is 8.42 Å². The zero-order valence-corrected chi connectivity index (χ0v) is 13.0. The molecule has 17 heavy (non-hydrogen) atoms. The van der Waals surface area contributed by atoms with E-state index in [0.29, 0.717) is 21.6 Å². The van der Waals surface area contributed by atoms with E-state index in [0.717, 1.165) is 5.56 Å². The van der Waals surface area contributed by atoms with Gasteiger partial charge in [-0.15, -0.1) is 0 Å². The minimum absolute atomic E-state index is 0.364. The number of hydrogen-bond donors (Lipinski definition) is 0. The summed E-state index contributed by atoms with van der Waals surface area (Å²) in [5.41, 5.74) is 1.16. The molecule has 0 N–H and O–H groups in total. The molecule has 1 rings (SSSR count). The third-order valence-corrected chi connectivity index (χ3v) is 5.93. The molecule has 0 saturated carbocycles. The number of benzene rings is 1. The summed E-state index contributed by atoms with van der Waals surface area (Å²) in [6.07, 6.45) is 1.23. The predicted molar refractivity (Wildman–Crippen MR) is 75.5 cm³/mol. The minimum atomic E-state index is -3.09. The average Bonchev–Trinajstić information content (AvgIpc) is 2.26. The Morgan fingerprint density at radius 1 is 1.06 bits per heavy atom. The summed E-state index contributed by atoms with van der Waals surface area (Å²) < 4.78 is 22.7. The van der Waals surface area contributed by atoms with Crippen LogP contribution in [0.1, 0.15) is 32.3 Å². The van der Waals surface area contributed by atoms with Crippen LogP contribution in [-0.4, -0.2) is 19.5 Å². The van der Waals surface area contributed by atoms with Gasteiger partial charge >= 0.3 is 0 Å². The van der Waals surface area contributed by atoms with Crippen molar-refractivity contribution in [3.05, 3.63) is 29.8 Å². The molecule has 2 unspecified atom stereocenters. The highest BCUT2D eigenvalue weighted by Crippen LogP contribution is 2.30. The van der Waals surface area contributed by atoms with Crippen molar-refractivity contribution >= 4 is 25.8 Å². The maximum atomic E-state index is 11.3. The first-order valence-electron chi connectivity index (χ1n) is 5.67. The standard InChI is InChI=1S/C13H19BrO2S/c1-9(2)13(14)10(3)11-5-7-12(8-6-11)17(4,15)16/h5-10,13H,1-4H3. The van der Waals surface area contributed by atoms with Gasteiger partial charge in [-0.3, -0.25) is 0 Å². The van der Waals surface area contributed by atoms with E-state index in [4.69, 9.17) is 0 Å². The monoisotopic (exact) mass is 318 g/mol. The van der Waals surface area contributed by atoms with Crippen LogP contribution < -0.4 is 0 Å². The highest BCUT2D eigenvalue weighted by Gasteiger charge is 2.19. The van der Waals surface area contributed by atoms with Gasteiger partial charge < -0.3 is 0 Å². The zero-order valence-electron chi connectivity index (χ0n) is 10.6. The molecule has 2 atom stereocenters. The second kappa shape index (κ2) is 5.53. The fourth-order valence-electron chi connectivity index (χ4n) is 1.78. The van der Waals surface area contributed by atoms with Crippen LogP contribution in [0.5, 0.6) is 0 Å². The number of sulfone groups is 1. The van der Waals surface area contributed by atoms with Crippen LogP contribution in [0, 0.1) is 5.92 Å². The van der Waals surface area contributed by atoms with Crippen LogP contribution >= 0.6 is 15.9 Å². The fraction of sp³-hybridized carbons (Fsp3) is 0.538. The van der Waals surface area contributed by atoms with E-state index >= 15 is 0 Å². The fourth-order valence-corrected chi connectivity index (χ4v) is 2.72. The summed E-state index contributed by atoms with van der Waals surface area (Å²) >= 11 is 3.68. The first-order chi connectivity index (χ1) is 7.73. The zero-order chi connectivity index (χ0) is 13.2. The Balaban J connectivity index is 2.96. The summed E-state index contributed by atoms with van der Waals surface area (Å²) in [6, 6.07) is 7.16. The van der Waals surface area contributed by atoms with E-state index in [2.05, 4.69) is 36.7 Å². The largest absolute Gasteiger partial charge is 0.224 e. The van der Waals surface area contributed by atoms with Gasteiger partial charge in [0.25, 0.3) is 0 Å². The van der Waals surface area contributed by atoms with Gasteiger partial charge in [-0.1, -0.05) is 48.8 Å². The van der Waals surface area contributed by atoms with Gasteiger partial charge in [-0.2, -0.15) is 0 Å². The van der Waals surface area contributed by atoms with Gasteiger partial charge in [0.2, 0.25) is 0 Å². The summed E-state index contributed by atoms with van der Waals surface area (Å²) in [4.78, 5) is 0.774. The Morgan fingerprint density at radius 2 is 1.53 bits per heavy atom. The maximum absolute atomic E-state index is 11.3. The topological polar surface area (TPSA) is 34.1 Å². The number of rotatable bonds is 4. The van der Waals surface area contributed by atoms with E-state index in [1.165, 1.54) is 6.26 Å². The summed E-state index contributed by atoms with van der Waals surface area (Å²) in [5.74, 6) is 0.906. The molecular formula is C13H19BrO2S. The van der Waals surface area contributed by atoms with Crippen molar-refractivity contribution in [1.29, 1.82) is 0 Å². The minimum Gasteiger partial charge on any atom is -0.224 e. The van der Waals surface area contributed by atoms with Crippen molar-refractivity contribution in [2.45, 2.75) is 36.4 Å². The summed E-state index contributed by atoms with van der Waals surface area (Å²) in [5, 5.41) is 0. The molecule has 0 heterocycles. The molecule has 1 aromatic rings. The van der Waals surface area contributed by atoms with Crippen molar-refractivity contribution < 1.29 is 8.42 Å². The predicted octanol–water partition coefficient (Wildman–Crippen LogP) is 3.61. The molecule has 96 valence electrons. The molecule has 0 spiro atoms. The Hall–Kier alpha value is -0.350. The van der Waals surface area contributed by atoms with Gasteiger partial charge in [0, 0.05) is 11.1 Å². The van der Waals surface area contributed by atoms with E-state index in [1.807, 2.05) is 12.1 Å². The van der Waals surface area contributed by atoms with Crippen molar-refractivity contribution in [3.63, 3.8) is 0 Å². The number of alkyl halides is 1. The lowest BCUT2D eigenvalue weighted by Crippen LogP contribution is -2.15. The van der Waals surface area contributed by atoms with E-state index in [9.17, 15) is 8.42 Å². The van der Waals surface area contributed by atoms with Gasteiger partial charge in [0.05, 0.1) is 4.90 Å². The molecular weight excluding hydrogens is 300 g/mol. The average molecular weight is 319 g/mol. The normalized spacial score (nSPS) is 15.9. The van der Waals surface area contributed by atoms with Crippen LogP contribution in [0.15, 0.2) is 29.2 Å². The Kier molecular flexibility index (Phi) is 4.78. The molecule has 0 aliphatic heterocycles. The van der Waals surface area contributed by atoms with Crippen LogP contribution in [0.2, 0.25) is 0 Å². The van der Waals surface area contributed by atoms with E-state index < -0.39 is 9.84 Å². The lowest BCUT2D eigenvalue weighted by atomic mass is 9.92. The summed E-state index contributed by atoms with van der Waals surface area (Å²) in [6.45, 7) is 6.48. The Labute approximate surface area is 112 Å². The molecule has 0 aliphatic carbocycles. The van der Waals surface area contributed by atoms with Crippen LogP contribution in [0.4, 0.5) is 0 Å². The SMILES string of the molecule is CC(C)C(Br)C(C)c1ccc(S(C)(=O)=O)cc1. The molecule has 0 aliphatic rings. The first kappa shape index (κ1) is 14.7. The molecule has 4 heteroatoms. The highest BCUT2D eigenvalue weighted by atomic mass is 79.9. The third-order valence-electron chi connectivity index (χ3n) is 2.95. The maximum Gasteiger partial charge on any atom is 0.175 e. The van der Waals surface area contributed by atoms with Gasteiger partial charge in [0.1, 0.15) is 0 Å². The number of halogens is 1. The first-order valence-corrected chi connectivity index (χ1v) is 8.48. The van der Waals surface area contributed by atoms with Crippen LogP contribution in [-0.2, 0) is 9.84 Å². The second-order valence-corrected chi connectivity index (χ2v) is 7.89. The van der Waals surface area contributed by atoms with Gasteiger partial charge in [0.15, 0.2) is 9.84 Å². The lowest BCUT2D eigenvalue weighted by Gasteiger charge is -2.22. The van der Waals surface area contributed by atoms with E-state index in [-0.39, 0.29) is 0 Å². The molecule has 0 amide bonds. The van der Waals surface area contributed by atoms with Crippen molar-refractivity contribution in [2.24, 2.45) is 5.92 Å². The van der Waals surface area contributed by atoms with Crippen molar-refractivity contribution in [3.8, 4) is 0 Å². The number of hydrogen-bond acceptors (Lipinski definition) is 2. The highest BCUT2D eigenvalue weighted by molar-refractivity contribution is 9.09. The second-order valence-electron chi connectivity index (χ2n) is 4.82. The molecule has 0 fully saturated rings. The van der Waals surface area contributed by atoms with E-state index in [1.54, 1.807) is 12.1 Å². The molecule has 2 nitrogen and oxygen atoms in total. The lowest BCUT2D eigenvalue weighted by molar-refractivity contribution is 0.550. The Morgan fingerprint density at radius 3 is 1.88 bits per heavy atom. The molecule has 0 saturated heterocycles. The van der Waals surface area contributed by atoms with Crippen LogP contribution in [0.3, 0.4) is 0 Å². The quantitative estimate of drug-likeness (QED) is 0.795. The van der Waals surface area contributed by atoms with Crippen molar-refractivity contribution in [2.75, 3.05) is 6.26 Å². The third kappa shape index (κ3) is 3.81. The molecule has 0 radical (unpaired) electrons. The van der Waals surface area contributed by atoms with Gasteiger partial charge in [-0.05, 0) is 29.5 Å². The van der Waals surface area contributed by atoms with Crippen LogP contribution in [0.25, 0.3) is 0 Å². The summed E-state index contributed by atoms with van der Waals surface area (Å²) in [7, 11) is -3.09. The molecule has 0 aromatic heterocycles. The smallest absolute Gasteiger partial charge is 0.175 e. The Bertz CT molecular complexity index is 463. The molecule has 0 bridgehead atoms. The molecule has 1 aromatic carbocycles.